The fraction of sp³-hybridized carbons (Fsp3) is 0.700. The van der Waals surface area contributed by atoms with Crippen molar-refractivity contribution in [1.82, 2.24) is 5.32 Å². The van der Waals surface area contributed by atoms with Crippen LogP contribution in [0.2, 0.25) is 0 Å². The molecule has 0 aliphatic rings. The van der Waals surface area contributed by atoms with Gasteiger partial charge in [-0.05, 0) is 0 Å². The normalized spacial score (nSPS) is 10.7. The molecule has 4 heteroatoms. The van der Waals surface area contributed by atoms with Gasteiger partial charge in [-0.1, -0.05) is 48.3 Å². The van der Waals surface area contributed by atoms with Crippen LogP contribution in [0.15, 0.2) is 0 Å². The molecule has 80 valence electrons. The van der Waals surface area contributed by atoms with E-state index in [1.807, 2.05) is 0 Å². The molecular formula is C10H17NOS2. The Labute approximate surface area is 94.4 Å². The van der Waals surface area contributed by atoms with Crippen molar-refractivity contribution in [3.63, 3.8) is 0 Å². The summed E-state index contributed by atoms with van der Waals surface area (Å²) in [5.41, 5.74) is 0. The average Bonchev–Trinajstić information content (AvgIpc) is 2.07. The van der Waals surface area contributed by atoms with Gasteiger partial charge in [-0.3, -0.25) is 4.79 Å². The Bertz CT molecular complexity index is 215. The van der Waals surface area contributed by atoms with Crippen LogP contribution in [0.5, 0.6) is 0 Å². The van der Waals surface area contributed by atoms with Gasteiger partial charge in [0, 0.05) is 16.9 Å². The molecule has 1 amide bonds. The quantitative estimate of drug-likeness (QED) is 0.447. The lowest BCUT2D eigenvalue weighted by Gasteiger charge is -2.15. The summed E-state index contributed by atoms with van der Waals surface area (Å²) < 4.78 is 0.250. The molecule has 0 aromatic heterocycles. The summed E-state index contributed by atoms with van der Waals surface area (Å²) >= 11 is 0. The van der Waals surface area contributed by atoms with Crippen LogP contribution in [0.1, 0.15) is 27.2 Å². The molecule has 0 aliphatic heterocycles. The Hall–Kier alpha value is -0.270. The number of hydrogen-bond acceptors (Lipinski definition) is 3. The van der Waals surface area contributed by atoms with Gasteiger partial charge in [0.15, 0.2) is 0 Å². The molecule has 0 unspecified atom stereocenters. The average molecular weight is 231 g/mol. The lowest BCUT2D eigenvalue weighted by molar-refractivity contribution is -0.120. The molecule has 0 atom stereocenters. The first kappa shape index (κ1) is 13.7. The number of terminal acetylenes is 1. The zero-order valence-electron chi connectivity index (χ0n) is 8.92. The van der Waals surface area contributed by atoms with Crippen LogP contribution in [-0.2, 0) is 4.79 Å². The number of carbonyl (C=O) groups excluding carboxylic acids is 1. The first-order valence-electron chi connectivity index (χ1n) is 4.46. The van der Waals surface area contributed by atoms with E-state index >= 15 is 0 Å². The predicted octanol–water partition coefficient (Wildman–Crippen LogP) is 2.31. The van der Waals surface area contributed by atoms with E-state index in [-0.39, 0.29) is 10.7 Å². The fourth-order valence-electron chi connectivity index (χ4n) is 0.591. The topological polar surface area (TPSA) is 29.1 Å². The van der Waals surface area contributed by atoms with E-state index < -0.39 is 0 Å². The Morgan fingerprint density at radius 2 is 2.14 bits per heavy atom. The van der Waals surface area contributed by atoms with Crippen molar-refractivity contribution in [3.05, 3.63) is 0 Å². The van der Waals surface area contributed by atoms with Gasteiger partial charge >= 0.3 is 0 Å². The van der Waals surface area contributed by atoms with E-state index in [0.717, 1.165) is 5.75 Å². The third-order valence-corrected chi connectivity index (χ3v) is 4.45. The third-order valence-electron chi connectivity index (χ3n) is 1.11. The molecule has 0 radical (unpaired) electrons. The Balaban J connectivity index is 3.37. The van der Waals surface area contributed by atoms with Crippen LogP contribution in [0.4, 0.5) is 0 Å². The smallest absolute Gasteiger partial charge is 0.221 e. The minimum atomic E-state index is 0.0324. The van der Waals surface area contributed by atoms with E-state index in [2.05, 4.69) is 32.0 Å². The lowest BCUT2D eigenvalue weighted by Crippen LogP contribution is -2.23. The minimum absolute atomic E-state index is 0.0324. The van der Waals surface area contributed by atoms with Gasteiger partial charge in [0.25, 0.3) is 0 Å². The van der Waals surface area contributed by atoms with Gasteiger partial charge in [0.2, 0.25) is 5.91 Å². The highest BCUT2D eigenvalue weighted by molar-refractivity contribution is 8.77. The van der Waals surface area contributed by atoms with Crippen LogP contribution in [0, 0.1) is 12.3 Å². The predicted molar refractivity (Wildman–Crippen MR) is 66.3 cm³/mol. The maximum atomic E-state index is 11.1. The molecule has 0 aromatic carbocycles. The molecule has 1 N–H and O–H groups in total. The van der Waals surface area contributed by atoms with E-state index in [0.29, 0.717) is 13.0 Å². The van der Waals surface area contributed by atoms with Crippen LogP contribution >= 0.6 is 21.6 Å². The van der Waals surface area contributed by atoms with Crippen molar-refractivity contribution in [2.24, 2.45) is 0 Å². The second-order valence-corrected chi connectivity index (χ2v) is 6.99. The van der Waals surface area contributed by atoms with Crippen LogP contribution in [0.3, 0.4) is 0 Å². The van der Waals surface area contributed by atoms with Gasteiger partial charge < -0.3 is 5.32 Å². The summed E-state index contributed by atoms with van der Waals surface area (Å²) in [4.78, 5) is 11.1. The number of rotatable bonds is 5. The first-order chi connectivity index (χ1) is 6.45. The third kappa shape index (κ3) is 9.82. The van der Waals surface area contributed by atoms with E-state index in [1.165, 1.54) is 0 Å². The van der Waals surface area contributed by atoms with E-state index in [1.54, 1.807) is 21.6 Å². The van der Waals surface area contributed by atoms with Gasteiger partial charge in [0.05, 0.1) is 6.54 Å². The SMILES string of the molecule is C#CCNC(=O)CCSSC(C)(C)C. The number of hydrogen-bond donors (Lipinski definition) is 1. The van der Waals surface area contributed by atoms with Crippen LogP contribution in [0.25, 0.3) is 0 Å². The number of nitrogens with one attached hydrogen (secondary N) is 1. The summed E-state index contributed by atoms with van der Waals surface area (Å²) in [5.74, 6) is 3.23. The van der Waals surface area contributed by atoms with E-state index in [9.17, 15) is 4.79 Å². The minimum Gasteiger partial charge on any atom is -0.345 e. The maximum absolute atomic E-state index is 11.1. The summed E-state index contributed by atoms with van der Waals surface area (Å²) in [7, 11) is 3.52. The van der Waals surface area contributed by atoms with Crippen LogP contribution in [-0.4, -0.2) is 23.0 Å². The lowest BCUT2D eigenvalue weighted by atomic mass is 10.3. The Kier molecular flexibility index (Phi) is 6.94. The molecule has 0 heterocycles. The highest BCUT2D eigenvalue weighted by Crippen LogP contribution is 2.35. The molecule has 0 saturated heterocycles. The summed E-state index contributed by atoms with van der Waals surface area (Å²) in [6, 6.07) is 0. The first-order valence-corrected chi connectivity index (χ1v) is 6.78. The molecular weight excluding hydrogens is 214 g/mol. The summed E-state index contributed by atoms with van der Waals surface area (Å²) in [6.07, 6.45) is 5.55. The second-order valence-electron chi connectivity index (χ2n) is 3.75. The van der Waals surface area contributed by atoms with E-state index in [4.69, 9.17) is 6.42 Å². The highest BCUT2D eigenvalue weighted by Gasteiger charge is 2.11. The molecule has 2 nitrogen and oxygen atoms in total. The van der Waals surface area contributed by atoms with Gasteiger partial charge in [-0.25, -0.2) is 0 Å². The monoisotopic (exact) mass is 231 g/mol. The van der Waals surface area contributed by atoms with Gasteiger partial charge in [-0.15, -0.1) is 6.42 Å². The maximum Gasteiger partial charge on any atom is 0.221 e. The van der Waals surface area contributed by atoms with Crippen molar-refractivity contribution in [1.29, 1.82) is 0 Å². The fourth-order valence-corrected chi connectivity index (χ4v) is 2.86. The van der Waals surface area contributed by atoms with Crippen molar-refractivity contribution >= 4 is 27.5 Å². The van der Waals surface area contributed by atoms with Gasteiger partial charge in [-0.2, -0.15) is 0 Å². The van der Waals surface area contributed by atoms with Crippen molar-refractivity contribution in [2.75, 3.05) is 12.3 Å². The molecule has 0 aromatic rings. The zero-order chi connectivity index (χ0) is 11.0. The standard InChI is InChI=1S/C10H17NOS2/c1-5-7-11-9(12)6-8-13-14-10(2,3)4/h1H,6-8H2,2-4H3,(H,11,12). The molecule has 0 spiro atoms. The molecule has 0 saturated carbocycles. The van der Waals surface area contributed by atoms with Crippen molar-refractivity contribution in [3.8, 4) is 12.3 Å². The number of carbonyl (C=O) groups is 1. The van der Waals surface area contributed by atoms with Crippen molar-refractivity contribution < 1.29 is 4.79 Å². The van der Waals surface area contributed by atoms with Crippen LogP contribution < -0.4 is 5.32 Å². The number of amides is 1. The second kappa shape index (κ2) is 7.08. The Morgan fingerprint density at radius 1 is 1.50 bits per heavy atom. The molecule has 0 rings (SSSR count). The Morgan fingerprint density at radius 3 is 2.64 bits per heavy atom. The summed E-state index contributed by atoms with van der Waals surface area (Å²) in [6.45, 7) is 6.80. The molecule has 0 bridgehead atoms. The molecule has 14 heavy (non-hydrogen) atoms. The summed E-state index contributed by atoms with van der Waals surface area (Å²) in [5, 5.41) is 2.63. The zero-order valence-corrected chi connectivity index (χ0v) is 10.6. The highest BCUT2D eigenvalue weighted by atomic mass is 33.1. The molecule has 0 fully saturated rings. The van der Waals surface area contributed by atoms with Crippen molar-refractivity contribution in [2.45, 2.75) is 31.9 Å². The molecule has 0 aliphatic carbocycles. The van der Waals surface area contributed by atoms with Gasteiger partial charge in [0.1, 0.15) is 0 Å². The largest absolute Gasteiger partial charge is 0.345 e.